The first-order valence-corrected chi connectivity index (χ1v) is 19.8. The smallest absolute Gasteiger partial charge is 0.122 e. The molecule has 1 aliphatic rings. The van der Waals surface area contributed by atoms with Gasteiger partial charge < -0.3 is 20.1 Å². The van der Waals surface area contributed by atoms with E-state index in [-0.39, 0.29) is 64.8 Å². The molecule has 7 rings (SSSR count). The monoisotopic (exact) mass is 853 g/mol. The third kappa shape index (κ3) is 12.3. The number of fused-ring (bicyclic) bond motifs is 8. The zero-order valence-corrected chi connectivity index (χ0v) is 36.9. The molecule has 6 aromatic rings. The predicted molar refractivity (Wildman–Crippen MR) is 239 cm³/mol. The second-order valence-corrected chi connectivity index (χ2v) is 14.2. The Morgan fingerprint density at radius 3 is 1.10 bits per heavy atom. The van der Waals surface area contributed by atoms with Crippen molar-refractivity contribution in [3.8, 4) is 23.0 Å². The maximum atomic E-state index is 14.2. The number of phenolic OH excluding ortho intramolecular Hbond substituents is 2. The van der Waals surface area contributed by atoms with E-state index in [1.807, 2.05) is 102 Å². The van der Waals surface area contributed by atoms with Crippen LogP contribution in [0.1, 0.15) is 120 Å². The first-order chi connectivity index (χ1) is 26.7. The number of aryl methyl sites for hydroxylation is 6. The van der Waals surface area contributed by atoms with Gasteiger partial charge in [0.05, 0.1) is 5.75 Å². The molecule has 0 unspecified atom stereocenters. The molecule has 4 nitrogen and oxygen atoms in total. The molecule has 0 atom stereocenters. The molecule has 0 fully saturated rings. The number of ether oxygens (including phenoxy) is 1. The van der Waals surface area contributed by atoms with Gasteiger partial charge in [-0.15, -0.1) is 5.75 Å². The number of benzene rings is 6. The van der Waals surface area contributed by atoms with E-state index in [2.05, 4.69) is 55.6 Å². The number of aromatic hydroxyl groups is 2. The van der Waals surface area contributed by atoms with Crippen molar-refractivity contribution in [3.05, 3.63) is 194 Å². The Balaban J connectivity index is 0.00000161. The molecule has 0 spiro atoms. The van der Waals surface area contributed by atoms with Crippen molar-refractivity contribution in [2.45, 2.75) is 108 Å². The number of hydrogen-bond donors (Lipinski definition) is 2. The van der Waals surface area contributed by atoms with Crippen LogP contribution in [-0.4, -0.2) is 10.2 Å². The van der Waals surface area contributed by atoms with Crippen molar-refractivity contribution < 1.29 is 52.8 Å². The average molecular weight is 854 g/mol. The minimum absolute atomic E-state index is 0. The molecule has 58 heavy (non-hydrogen) atoms. The molecule has 0 aliphatic heterocycles. The summed E-state index contributed by atoms with van der Waals surface area (Å²) in [5.74, 6) is 1.02. The molecule has 1 aliphatic carbocycles. The molecule has 1 radical (unpaired) electrons. The van der Waals surface area contributed by atoms with Gasteiger partial charge in [-0.2, -0.15) is 7.11 Å². The van der Waals surface area contributed by atoms with Crippen LogP contribution < -0.4 is 9.84 Å². The number of rotatable bonds is 7. The first-order valence-electron chi connectivity index (χ1n) is 19.8. The Bertz CT molecular complexity index is 2090. The maximum absolute atomic E-state index is 14.2. The van der Waals surface area contributed by atoms with Crippen LogP contribution >= 0.6 is 0 Å². The van der Waals surface area contributed by atoms with E-state index in [0.29, 0.717) is 42.6 Å². The number of phenols is 2. The van der Waals surface area contributed by atoms with E-state index in [1.54, 1.807) is 0 Å². The second-order valence-electron chi connectivity index (χ2n) is 14.2. The Kier molecular flexibility index (Phi) is 20.5. The summed E-state index contributed by atoms with van der Waals surface area (Å²) in [6.07, 6.45) is 4.78. The van der Waals surface area contributed by atoms with Gasteiger partial charge in [0.2, 0.25) is 0 Å². The molecule has 0 aromatic heterocycles. The second kappa shape index (κ2) is 23.9. The largest absolute Gasteiger partial charge is 0.872 e. The van der Waals surface area contributed by atoms with Gasteiger partial charge >= 0.3 is 0 Å². The van der Waals surface area contributed by atoms with E-state index >= 15 is 0 Å². The van der Waals surface area contributed by atoms with Crippen molar-refractivity contribution in [3.63, 3.8) is 0 Å². The molecule has 6 aromatic carbocycles. The van der Waals surface area contributed by atoms with Crippen LogP contribution in [0, 0.1) is 21.0 Å². The van der Waals surface area contributed by atoms with Gasteiger partial charge in [0, 0.05) is 58.4 Å². The maximum Gasteiger partial charge on any atom is 0.122 e. The summed E-state index contributed by atoms with van der Waals surface area (Å²) in [6.45, 7) is 12.1. The van der Waals surface area contributed by atoms with Crippen molar-refractivity contribution in [2.24, 2.45) is 0 Å². The normalized spacial score (nSPS) is 11.2. The van der Waals surface area contributed by atoms with Crippen LogP contribution in [0.4, 0.5) is 0 Å². The van der Waals surface area contributed by atoms with Gasteiger partial charge in [0.15, 0.2) is 0 Å². The Morgan fingerprint density at radius 2 is 0.776 bits per heavy atom. The SMILES string of the molecule is C.C.CC.CC.[CH2-]Oc1c2cc(CCc3ccccc3)cc1Cc1cc(C)cc(c1O)Cc1cc(CCc3ccccc3)cc(c1[O-])Cc1cc(C)cc(c1O)C2.[Y]. The van der Waals surface area contributed by atoms with Crippen LogP contribution in [0.25, 0.3) is 0 Å². The van der Waals surface area contributed by atoms with Gasteiger partial charge in [-0.05, 0) is 95.2 Å². The van der Waals surface area contributed by atoms with Crippen LogP contribution in [0.2, 0.25) is 0 Å². The van der Waals surface area contributed by atoms with Gasteiger partial charge in [-0.3, -0.25) is 0 Å². The molecular weight excluding hydrogens is 789 g/mol. The summed E-state index contributed by atoms with van der Waals surface area (Å²) in [5, 5.41) is 37.8. The molecule has 0 amide bonds. The predicted octanol–water partition coefficient (Wildman–Crippen LogP) is 12.5. The standard InChI is InChI=1S/C47H45O4.2C2H6.2CH4.Y/c1-30-18-36-26-40-22-34(16-14-32-10-6-4-7-11-32)23-41(46(40)50)27-37-19-31(2)21-39(45(37)49)29-43-25-35(17-15-33-12-8-5-9-13-33)24-42(47(43)51-3)28-38(20-30)44(36)48;2*1-2;;;/h4-13,18-25,48-50H,3,14-17,26-29H2,1-2H3;2*1-2H3;2*1H4;/q-1;;;;;/p-1. The summed E-state index contributed by atoms with van der Waals surface area (Å²) in [5.41, 5.74) is 12.9. The van der Waals surface area contributed by atoms with E-state index < -0.39 is 0 Å². The molecule has 305 valence electrons. The van der Waals surface area contributed by atoms with Crippen molar-refractivity contribution in [1.82, 2.24) is 0 Å². The van der Waals surface area contributed by atoms with Gasteiger partial charge in [-0.25, -0.2) is 0 Å². The Hall–Kier alpha value is -4.38. The zero-order valence-electron chi connectivity index (χ0n) is 34.0. The van der Waals surface area contributed by atoms with Crippen LogP contribution in [0.5, 0.6) is 23.0 Å². The van der Waals surface area contributed by atoms with E-state index in [9.17, 15) is 15.3 Å². The Morgan fingerprint density at radius 1 is 0.483 bits per heavy atom. The summed E-state index contributed by atoms with van der Waals surface area (Å²) in [7, 11) is 3.86. The molecule has 0 saturated carbocycles. The van der Waals surface area contributed by atoms with Crippen LogP contribution in [0.3, 0.4) is 0 Å². The van der Waals surface area contributed by atoms with Crippen molar-refractivity contribution >= 4 is 0 Å². The first kappa shape index (κ1) is 49.8. The number of hydrogen-bond acceptors (Lipinski definition) is 4. The molecule has 2 N–H and O–H groups in total. The van der Waals surface area contributed by atoms with E-state index in [0.717, 1.165) is 81.3 Å². The summed E-state index contributed by atoms with van der Waals surface area (Å²) in [4.78, 5) is 0. The minimum atomic E-state index is -0.0449. The molecular formula is C53H64O4Y-2. The van der Waals surface area contributed by atoms with Crippen molar-refractivity contribution in [2.75, 3.05) is 0 Å². The quantitative estimate of drug-likeness (QED) is 0.157. The zero-order chi connectivity index (χ0) is 39.5. The summed E-state index contributed by atoms with van der Waals surface area (Å²) >= 11 is 0. The van der Waals surface area contributed by atoms with E-state index in [4.69, 9.17) is 4.74 Å². The van der Waals surface area contributed by atoms with Gasteiger partial charge in [0.25, 0.3) is 0 Å². The molecule has 5 heteroatoms. The van der Waals surface area contributed by atoms with Crippen molar-refractivity contribution in [1.29, 1.82) is 0 Å². The van der Waals surface area contributed by atoms with Crippen LogP contribution in [-0.2, 0) is 84.1 Å². The molecule has 0 saturated heterocycles. The fourth-order valence-corrected chi connectivity index (χ4v) is 7.75. The Labute approximate surface area is 375 Å². The topological polar surface area (TPSA) is 72.8 Å². The summed E-state index contributed by atoms with van der Waals surface area (Å²) < 4.78 is 5.89. The fourth-order valence-electron chi connectivity index (χ4n) is 7.75. The third-order valence-corrected chi connectivity index (χ3v) is 10.2. The fraction of sp³-hybridized carbons (Fsp3) is 0.302. The van der Waals surface area contributed by atoms with Crippen LogP contribution in [0.15, 0.2) is 109 Å². The summed E-state index contributed by atoms with van der Waals surface area (Å²) in [6, 6.07) is 37.2. The average Bonchev–Trinajstić information content (AvgIpc) is 3.20. The van der Waals surface area contributed by atoms with Gasteiger partial charge in [0.1, 0.15) is 11.5 Å². The molecule has 8 bridgehead atoms. The molecule has 0 heterocycles. The van der Waals surface area contributed by atoms with E-state index in [1.165, 1.54) is 11.1 Å². The third-order valence-electron chi connectivity index (χ3n) is 10.2. The minimum Gasteiger partial charge on any atom is -0.872 e. The van der Waals surface area contributed by atoms with Gasteiger partial charge in [-0.1, -0.05) is 174 Å².